The van der Waals surface area contributed by atoms with Crippen LogP contribution in [0.15, 0.2) is 48.3 Å². The predicted molar refractivity (Wildman–Crippen MR) is 135 cm³/mol. The van der Waals surface area contributed by atoms with Crippen LogP contribution in [0.5, 0.6) is 5.75 Å². The van der Waals surface area contributed by atoms with Crippen LogP contribution in [0.3, 0.4) is 0 Å². The molecule has 4 rings (SSSR count). The molecule has 2 saturated carbocycles. The lowest BCUT2D eigenvalue weighted by Gasteiger charge is -2.41. The highest BCUT2D eigenvalue weighted by Gasteiger charge is 2.57. The number of hydrogen-bond acceptors (Lipinski definition) is 3. The summed E-state index contributed by atoms with van der Waals surface area (Å²) in [6.07, 6.45) is 14.5. The maximum atomic E-state index is 5.97. The lowest BCUT2D eigenvalue weighted by molar-refractivity contribution is -0.329. The Hall–Kier alpha value is -1.74. The van der Waals surface area contributed by atoms with Crippen LogP contribution in [0.2, 0.25) is 0 Å². The number of rotatable bonds is 7. The van der Waals surface area contributed by atoms with Gasteiger partial charge in [0.15, 0.2) is 5.76 Å². The summed E-state index contributed by atoms with van der Waals surface area (Å²) in [5.41, 5.74) is 2.12. The summed E-state index contributed by atoms with van der Waals surface area (Å²) in [6, 6.07) is 8.47. The summed E-state index contributed by atoms with van der Waals surface area (Å²) in [5, 5.41) is 0. The van der Waals surface area contributed by atoms with E-state index in [9.17, 15) is 0 Å². The van der Waals surface area contributed by atoms with Gasteiger partial charge in [-0.25, -0.2) is 0 Å². The van der Waals surface area contributed by atoms with Crippen LogP contribution in [0.1, 0.15) is 98.5 Å². The van der Waals surface area contributed by atoms with Crippen molar-refractivity contribution < 1.29 is 14.5 Å². The molecular formula is C30H44O3. The lowest BCUT2D eigenvalue weighted by Crippen LogP contribution is -2.30. The van der Waals surface area contributed by atoms with E-state index in [1.165, 1.54) is 44.1 Å². The molecule has 1 aromatic carbocycles. The second-order valence-electron chi connectivity index (χ2n) is 12.8. The fraction of sp³-hybridized carbons (Fsp3) is 0.667. The fourth-order valence-corrected chi connectivity index (χ4v) is 6.89. The standard InChI is InChI=1S/C30H44O3/c1-21(31-25-15-13-22(14-16-25)27(28(2,3)4)29(5,6)7)32-33-26-17-18-30(20-24(30)19-26)23-11-9-8-10-12-23/h13-19,21,23-24,27H,8-12,20H2,1-7H3. The van der Waals surface area contributed by atoms with Crippen LogP contribution in [-0.4, -0.2) is 6.29 Å². The molecule has 3 aliphatic carbocycles. The first-order chi connectivity index (χ1) is 15.5. The fourth-order valence-electron chi connectivity index (χ4n) is 6.89. The number of allylic oxidation sites excluding steroid dienone is 3. The Balaban J connectivity index is 1.29. The van der Waals surface area contributed by atoms with Crippen molar-refractivity contribution in [1.82, 2.24) is 0 Å². The van der Waals surface area contributed by atoms with Crippen molar-refractivity contribution in [2.24, 2.45) is 28.1 Å². The average Bonchev–Trinajstić information content (AvgIpc) is 3.47. The molecule has 3 atom stereocenters. The van der Waals surface area contributed by atoms with Gasteiger partial charge >= 0.3 is 0 Å². The molecule has 0 saturated heterocycles. The maximum absolute atomic E-state index is 5.97. The Bertz CT molecular complexity index is 847. The topological polar surface area (TPSA) is 27.7 Å². The first-order valence-electron chi connectivity index (χ1n) is 13.0. The Labute approximate surface area is 201 Å². The van der Waals surface area contributed by atoms with Gasteiger partial charge in [0.25, 0.3) is 0 Å². The smallest absolute Gasteiger partial charge is 0.239 e. The van der Waals surface area contributed by atoms with Gasteiger partial charge in [-0.1, -0.05) is 79.0 Å². The van der Waals surface area contributed by atoms with Crippen LogP contribution in [0.4, 0.5) is 0 Å². The molecule has 3 nitrogen and oxygen atoms in total. The van der Waals surface area contributed by atoms with Crippen LogP contribution in [-0.2, 0) is 9.78 Å². The predicted octanol–water partition coefficient (Wildman–Crippen LogP) is 8.58. The molecule has 0 radical (unpaired) electrons. The molecule has 0 aliphatic heterocycles. The summed E-state index contributed by atoms with van der Waals surface area (Å²) in [5.74, 6) is 3.53. The van der Waals surface area contributed by atoms with Crippen molar-refractivity contribution in [2.75, 3.05) is 0 Å². The second-order valence-corrected chi connectivity index (χ2v) is 12.8. The number of hydrogen-bond donors (Lipinski definition) is 0. The molecule has 0 bridgehead atoms. The van der Waals surface area contributed by atoms with Gasteiger partial charge in [0, 0.05) is 6.92 Å². The van der Waals surface area contributed by atoms with E-state index in [1.54, 1.807) is 0 Å². The van der Waals surface area contributed by atoms with E-state index in [2.05, 4.69) is 71.9 Å². The third-order valence-electron chi connectivity index (χ3n) is 7.92. The molecule has 3 unspecified atom stereocenters. The minimum Gasteiger partial charge on any atom is -0.461 e. The average molecular weight is 453 g/mol. The van der Waals surface area contributed by atoms with E-state index >= 15 is 0 Å². The summed E-state index contributed by atoms with van der Waals surface area (Å²) in [7, 11) is 0. The SMILES string of the molecule is CC(OOC1=CC2CC2(C2CCCCC2)C=C1)Oc1ccc(C(C(C)(C)C)C(C)(C)C)cc1. The Morgan fingerprint density at radius 2 is 1.55 bits per heavy atom. The molecule has 33 heavy (non-hydrogen) atoms. The molecule has 0 heterocycles. The van der Waals surface area contributed by atoms with Crippen molar-refractivity contribution in [2.45, 2.75) is 99.2 Å². The summed E-state index contributed by atoms with van der Waals surface area (Å²) >= 11 is 0. The highest BCUT2D eigenvalue weighted by molar-refractivity contribution is 5.34. The van der Waals surface area contributed by atoms with Crippen molar-refractivity contribution in [3.63, 3.8) is 0 Å². The minimum atomic E-state index is -0.490. The number of ether oxygens (including phenoxy) is 1. The first-order valence-corrected chi connectivity index (χ1v) is 13.0. The van der Waals surface area contributed by atoms with E-state index in [4.69, 9.17) is 14.5 Å². The summed E-state index contributed by atoms with van der Waals surface area (Å²) < 4.78 is 5.97. The van der Waals surface area contributed by atoms with Gasteiger partial charge in [0.1, 0.15) is 5.75 Å². The monoisotopic (exact) mass is 452 g/mol. The van der Waals surface area contributed by atoms with Crippen molar-refractivity contribution >= 4 is 0 Å². The molecular weight excluding hydrogens is 408 g/mol. The molecule has 1 aromatic rings. The zero-order chi connectivity index (χ0) is 23.9. The van der Waals surface area contributed by atoms with Gasteiger partial charge in [-0.05, 0) is 83.1 Å². The first kappa shape index (κ1) is 24.4. The quantitative estimate of drug-likeness (QED) is 0.235. The van der Waals surface area contributed by atoms with Crippen molar-refractivity contribution in [1.29, 1.82) is 0 Å². The number of benzene rings is 1. The molecule has 0 N–H and O–H groups in total. The normalized spacial score (nSPS) is 26.5. The van der Waals surface area contributed by atoms with E-state index < -0.39 is 6.29 Å². The second kappa shape index (κ2) is 9.13. The number of fused-ring (bicyclic) bond motifs is 1. The maximum Gasteiger partial charge on any atom is 0.239 e. The summed E-state index contributed by atoms with van der Waals surface area (Å²) in [4.78, 5) is 11.2. The van der Waals surface area contributed by atoms with Crippen LogP contribution in [0.25, 0.3) is 0 Å². The molecule has 2 fully saturated rings. The zero-order valence-electron chi connectivity index (χ0n) is 21.8. The Kier molecular flexibility index (Phi) is 6.75. The zero-order valence-corrected chi connectivity index (χ0v) is 21.8. The molecule has 3 heteroatoms. The Morgan fingerprint density at radius 3 is 2.12 bits per heavy atom. The van der Waals surface area contributed by atoms with Crippen LogP contribution in [0, 0.1) is 28.1 Å². The minimum absolute atomic E-state index is 0.183. The summed E-state index contributed by atoms with van der Waals surface area (Å²) in [6.45, 7) is 15.8. The van der Waals surface area contributed by atoms with Crippen molar-refractivity contribution in [3.8, 4) is 5.75 Å². The van der Waals surface area contributed by atoms with Gasteiger partial charge in [-0.15, -0.1) is 4.89 Å². The van der Waals surface area contributed by atoms with Crippen molar-refractivity contribution in [3.05, 3.63) is 53.8 Å². The third kappa shape index (κ3) is 5.50. The Morgan fingerprint density at radius 1 is 0.909 bits per heavy atom. The van der Waals surface area contributed by atoms with E-state index in [-0.39, 0.29) is 10.8 Å². The third-order valence-corrected chi connectivity index (χ3v) is 7.92. The van der Waals surface area contributed by atoms with Gasteiger partial charge in [-0.2, -0.15) is 0 Å². The largest absolute Gasteiger partial charge is 0.461 e. The van der Waals surface area contributed by atoms with Gasteiger partial charge in [-0.3, -0.25) is 0 Å². The highest BCUT2D eigenvalue weighted by atomic mass is 17.2. The molecule has 0 amide bonds. The molecule has 0 aromatic heterocycles. The van der Waals surface area contributed by atoms with Gasteiger partial charge < -0.3 is 9.62 Å². The van der Waals surface area contributed by atoms with Crippen LogP contribution < -0.4 is 4.74 Å². The highest BCUT2D eigenvalue weighted by Crippen LogP contribution is 2.64. The van der Waals surface area contributed by atoms with Crippen LogP contribution >= 0.6 is 0 Å². The van der Waals surface area contributed by atoms with E-state index in [0.717, 1.165) is 17.4 Å². The van der Waals surface area contributed by atoms with E-state index in [1.807, 2.05) is 19.1 Å². The molecule has 182 valence electrons. The van der Waals surface area contributed by atoms with E-state index in [0.29, 0.717) is 17.3 Å². The lowest BCUT2D eigenvalue weighted by atomic mass is 9.64. The molecule has 0 spiro atoms. The van der Waals surface area contributed by atoms with Gasteiger partial charge in [0.2, 0.25) is 6.29 Å². The molecule has 3 aliphatic rings. The van der Waals surface area contributed by atoms with Gasteiger partial charge in [0.05, 0.1) is 0 Å².